The smallest absolute Gasteiger partial charge is 0.252 e. The van der Waals surface area contributed by atoms with Crippen molar-refractivity contribution in [2.45, 2.75) is 45.0 Å². The molecular formula is C13H19N3O3. The molecule has 1 atom stereocenters. The average molecular weight is 265 g/mol. The lowest BCUT2D eigenvalue weighted by Gasteiger charge is -2.26. The van der Waals surface area contributed by atoms with Gasteiger partial charge in [-0.05, 0) is 19.3 Å². The quantitative estimate of drug-likeness (QED) is 0.853. The molecule has 104 valence electrons. The standard InChI is InChI=1S/C13H19N3O3/c17-5-4-16-11-9-15(8-10(11)7-14-16)13(18)12-3-1-2-6-19-12/h7,12,17H,1-6,8-9H2. The molecule has 6 heteroatoms. The third kappa shape index (κ3) is 2.37. The van der Waals surface area contributed by atoms with Crippen LogP contribution in [0.2, 0.25) is 0 Å². The summed E-state index contributed by atoms with van der Waals surface area (Å²) in [4.78, 5) is 14.2. The zero-order valence-corrected chi connectivity index (χ0v) is 10.9. The molecule has 2 aliphatic rings. The van der Waals surface area contributed by atoms with Gasteiger partial charge in [0.15, 0.2) is 0 Å². The highest BCUT2D eigenvalue weighted by Crippen LogP contribution is 2.25. The highest BCUT2D eigenvalue weighted by molar-refractivity contribution is 5.81. The SMILES string of the molecule is O=C(C1CCCCO1)N1Cc2cnn(CCO)c2C1. The average Bonchev–Trinajstić information content (AvgIpc) is 3.01. The van der Waals surface area contributed by atoms with Gasteiger partial charge < -0.3 is 14.7 Å². The fourth-order valence-electron chi connectivity index (χ4n) is 2.79. The Morgan fingerprint density at radius 1 is 1.47 bits per heavy atom. The van der Waals surface area contributed by atoms with Crippen LogP contribution in [0.25, 0.3) is 0 Å². The molecule has 1 saturated heterocycles. The number of rotatable bonds is 3. The van der Waals surface area contributed by atoms with Gasteiger partial charge in [0.25, 0.3) is 5.91 Å². The van der Waals surface area contributed by atoms with Gasteiger partial charge in [0, 0.05) is 18.7 Å². The van der Waals surface area contributed by atoms with E-state index in [1.165, 1.54) is 0 Å². The lowest BCUT2D eigenvalue weighted by molar-refractivity contribution is -0.147. The van der Waals surface area contributed by atoms with Gasteiger partial charge in [-0.25, -0.2) is 0 Å². The first-order valence-corrected chi connectivity index (χ1v) is 6.84. The van der Waals surface area contributed by atoms with Crippen LogP contribution in [0.5, 0.6) is 0 Å². The number of nitrogens with zero attached hydrogens (tertiary/aromatic N) is 3. The number of fused-ring (bicyclic) bond motifs is 1. The van der Waals surface area contributed by atoms with Crippen LogP contribution in [0.4, 0.5) is 0 Å². The van der Waals surface area contributed by atoms with E-state index in [4.69, 9.17) is 9.84 Å². The normalized spacial score (nSPS) is 22.6. The molecule has 1 fully saturated rings. The summed E-state index contributed by atoms with van der Waals surface area (Å²) in [6.45, 7) is 2.42. The number of aliphatic hydroxyl groups is 1. The Bertz CT molecular complexity index is 466. The Hall–Kier alpha value is -1.40. The Labute approximate surface area is 112 Å². The maximum atomic E-state index is 12.4. The van der Waals surface area contributed by atoms with Crippen LogP contribution in [0.3, 0.4) is 0 Å². The van der Waals surface area contributed by atoms with E-state index in [2.05, 4.69) is 5.10 Å². The molecule has 1 aromatic heterocycles. The highest BCUT2D eigenvalue weighted by atomic mass is 16.5. The fraction of sp³-hybridized carbons (Fsp3) is 0.692. The van der Waals surface area contributed by atoms with Crippen molar-refractivity contribution in [3.05, 3.63) is 17.5 Å². The fourth-order valence-corrected chi connectivity index (χ4v) is 2.79. The Morgan fingerprint density at radius 3 is 3.11 bits per heavy atom. The maximum Gasteiger partial charge on any atom is 0.252 e. The second-order valence-corrected chi connectivity index (χ2v) is 5.11. The molecule has 0 aromatic carbocycles. The van der Waals surface area contributed by atoms with E-state index in [1.807, 2.05) is 4.90 Å². The van der Waals surface area contributed by atoms with Crippen LogP contribution < -0.4 is 0 Å². The molecule has 0 saturated carbocycles. The second-order valence-electron chi connectivity index (χ2n) is 5.11. The van der Waals surface area contributed by atoms with Crippen LogP contribution in [-0.4, -0.2) is 45.0 Å². The number of hydrogen-bond acceptors (Lipinski definition) is 4. The minimum absolute atomic E-state index is 0.0633. The molecule has 0 bridgehead atoms. The molecule has 3 heterocycles. The molecular weight excluding hydrogens is 246 g/mol. The van der Waals surface area contributed by atoms with Crippen LogP contribution >= 0.6 is 0 Å². The third-order valence-electron chi connectivity index (χ3n) is 3.82. The van der Waals surface area contributed by atoms with Gasteiger partial charge in [-0.15, -0.1) is 0 Å². The van der Waals surface area contributed by atoms with Gasteiger partial charge in [-0.2, -0.15) is 5.10 Å². The van der Waals surface area contributed by atoms with Crippen LogP contribution in [-0.2, 0) is 29.2 Å². The van der Waals surface area contributed by atoms with Gasteiger partial charge in [0.2, 0.25) is 0 Å². The molecule has 0 aliphatic carbocycles. The van der Waals surface area contributed by atoms with Crippen molar-refractivity contribution >= 4 is 5.91 Å². The van der Waals surface area contributed by atoms with Crippen molar-refractivity contribution in [1.29, 1.82) is 0 Å². The summed E-state index contributed by atoms with van der Waals surface area (Å²) in [6, 6.07) is 0. The molecule has 19 heavy (non-hydrogen) atoms. The molecule has 2 aliphatic heterocycles. The number of carbonyl (C=O) groups excluding carboxylic acids is 1. The van der Waals surface area contributed by atoms with Crippen molar-refractivity contribution in [2.75, 3.05) is 13.2 Å². The first-order valence-electron chi connectivity index (χ1n) is 6.84. The molecule has 0 spiro atoms. The highest BCUT2D eigenvalue weighted by Gasteiger charge is 2.32. The Morgan fingerprint density at radius 2 is 2.37 bits per heavy atom. The van der Waals surface area contributed by atoms with Gasteiger partial charge in [0.05, 0.1) is 31.6 Å². The van der Waals surface area contributed by atoms with Gasteiger partial charge in [-0.1, -0.05) is 0 Å². The number of carbonyl (C=O) groups is 1. The first kappa shape index (κ1) is 12.6. The van der Waals surface area contributed by atoms with E-state index in [0.29, 0.717) is 26.2 Å². The molecule has 1 aromatic rings. The molecule has 3 rings (SSSR count). The number of aliphatic hydroxyl groups excluding tert-OH is 1. The second kappa shape index (κ2) is 5.30. The summed E-state index contributed by atoms with van der Waals surface area (Å²) >= 11 is 0. The third-order valence-corrected chi connectivity index (χ3v) is 3.82. The number of ether oxygens (including phenoxy) is 1. The lowest BCUT2D eigenvalue weighted by Crippen LogP contribution is -2.39. The van der Waals surface area contributed by atoms with Crippen molar-refractivity contribution in [2.24, 2.45) is 0 Å². The van der Waals surface area contributed by atoms with Gasteiger partial charge in [-0.3, -0.25) is 9.48 Å². The summed E-state index contributed by atoms with van der Waals surface area (Å²) in [6.07, 6.45) is 4.47. The lowest BCUT2D eigenvalue weighted by atomic mass is 10.1. The van der Waals surface area contributed by atoms with Crippen molar-refractivity contribution in [3.63, 3.8) is 0 Å². The van der Waals surface area contributed by atoms with Crippen molar-refractivity contribution < 1.29 is 14.6 Å². The zero-order chi connectivity index (χ0) is 13.2. The molecule has 0 radical (unpaired) electrons. The molecule has 1 N–H and O–H groups in total. The van der Waals surface area contributed by atoms with Crippen LogP contribution in [0, 0.1) is 0 Å². The summed E-state index contributed by atoms with van der Waals surface area (Å²) in [5.74, 6) is 0.0893. The van der Waals surface area contributed by atoms with Crippen LogP contribution in [0.15, 0.2) is 6.20 Å². The van der Waals surface area contributed by atoms with E-state index in [1.54, 1.807) is 10.9 Å². The monoisotopic (exact) mass is 265 g/mol. The summed E-state index contributed by atoms with van der Waals surface area (Å²) in [5, 5.41) is 13.2. The van der Waals surface area contributed by atoms with E-state index >= 15 is 0 Å². The summed E-state index contributed by atoms with van der Waals surface area (Å²) in [5.41, 5.74) is 2.12. The molecule has 1 unspecified atom stereocenters. The minimum Gasteiger partial charge on any atom is -0.394 e. The minimum atomic E-state index is -0.267. The maximum absolute atomic E-state index is 12.4. The van der Waals surface area contributed by atoms with Crippen molar-refractivity contribution in [3.8, 4) is 0 Å². The van der Waals surface area contributed by atoms with Gasteiger partial charge in [0.1, 0.15) is 6.10 Å². The molecule has 6 nitrogen and oxygen atoms in total. The summed E-state index contributed by atoms with van der Waals surface area (Å²) in [7, 11) is 0. The van der Waals surface area contributed by atoms with Crippen molar-refractivity contribution in [1.82, 2.24) is 14.7 Å². The Balaban J connectivity index is 1.67. The summed E-state index contributed by atoms with van der Waals surface area (Å²) < 4.78 is 7.33. The number of aromatic nitrogens is 2. The van der Waals surface area contributed by atoms with Gasteiger partial charge >= 0.3 is 0 Å². The van der Waals surface area contributed by atoms with E-state index in [-0.39, 0.29) is 18.6 Å². The van der Waals surface area contributed by atoms with E-state index < -0.39 is 0 Å². The zero-order valence-electron chi connectivity index (χ0n) is 10.9. The van der Waals surface area contributed by atoms with E-state index in [9.17, 15) is 4.79 Å². The number of hydrogen-bond donors (Lipinski definition) is 1. The molecule has 1 amide bonds. The topological polar surface area (TPSA) is 67.6 Å². The van der Waals surface area contributed by atoms with Crippen LogP contribution in [0.1, 0.15) is 30.5 Å². The van der Waals surface area contributed by atoms with E-state index in [0.717, 1.165) is 30.5 Å². The Kier molecular flexibility index (Phi) is 3.52. The largest absolute Gasteiger partial charge is 0.394 e. The number of amides is 1. The first-order chi connectivity index (χ1) is 9.29. The predicted octanol–water partition coefficient (Wildman–Crippen LogP) is 0.287. The predicted molar refractivity (Wildman–Crippen MR) is 67.2 cm³/mol.